The van der Waals surface area contributed by atoms with Gasteiger partial charge in [0.05, 0.1) is 11.4 Å². The number of hydrogen-bond donors (Lipinski definition) is 0. The maximum absolute atomic E-state index is 9.86. The Bertz CT molecular complexity index is 1710. The number of aromatic nitrogens is 2. The van der Waals surface area contributed by atoms with Gasteiger partial charge in [0.2, 0.25) is 0 Å². The summed E-state index contributed by atoms with van der Waals surface area (Å²) in [5.74, 6) is 2.18. The van der Waals surface area contributed by atoms with Gasteiger partial charge >= 0.3 is 0 Å². The summed E-state index contributed by atoms with van der Waals surface area (Å²) in [5.41, 5.74) is 3.20. The Morgan fingerprint density at radius 2 is 1.02 bits per heavy atom. The third kappa shape index (κ3) is 5.73. The van der Waals surface area contributed by atoms with Crippen molar-refractivity contribution in [2.75, 3.05) is 19.0 Å². The molecule has 0 saturated heterocycles. The van der Waals surface area contributed by atoms with E-state index in [-0.39, 0.29) is 11.4 Å². The van der Waals surface area contributed by atoms with Crippen LogP contribution in [-0.4, -0.2) is 29.9 Å². The second-order valence-electron chi connectivity index (χ2n) is 9.59. The lowest BCUT2D eigenvalue weighted by atomic mass is 10.1. The van der Waals surface area contributed by atoms with E-state index in [1.54, 1.807) is 0 Å². The van der Waals surface area contributed by atoms with Gasteiger partial charge in [-0.15, -0.1) is 0 Å². The highest BCUT2D eigenvalue weighted by atomic mass is 31.2. The molecule has 6 heteroatoms. The zero-order valence-electron chi connectivity index (χ0n) is 22.9. The van der Waals surface area contributed by atoms with Crippen LogP contribution in [-0.2, 0) is 0 Å². The fourth-order valence-electron chi connectivity index (χ4n) is 4.74. The van der Waals surface area contributed by atoms with Crippen molar-refractivity contribution in [3.63, 3.8) is 0 Å². The average Bonchev–Trinajstić information content (AvgIpc) is 3.04. The van der Waals surface area contributed by atoms with E-state index in [1.165, 1.54) is 0 Å². The third-order valence-electron chi connectivity index (χ3n) is 6.81. The lowest BCUT2D eigenvalue weighted by Crippen LogP contribution is -2.27. The van der Waals surface area contributed by atoms with Crippen molar-refractivity contribution in [2.24, 2.45) is 0 Å². The van der Waals surface area contributed by atoms with Gasteiger partial charge in [0.15, 0.2) is 11.4 Å². The van der Waals surface area contributed by atoms with Crippen molar-refractivity contribution < 1.29 is 0 Å². The summed E-state index contributed by atoms with van der Waals surface area (Å²) in [6, 6.07) is 43.5. The number of rotatable bonds is 7. The lowest BCUT2D eigenvalue weighted by Gasteiger charge is -2.28. The first-order chi connectivity index (χ1) is 20.0. The van der Waals surface area contributed by atoms with Gasteiger partial charge in [0.25, 0.3) is 0 Å². The van der Waals surface area contributed by atoms with Crippen LogP contribution in [0.1, 0.15) is 28.3 Å². The van der Waals surface area contributed by atoms with Crippen LogP contribution in [0.2, 0.25) is 0 Å². The molecule has 0 fully saturated rings. The average molecular weight is 550 g/mol. The molecule has 0 aliphatic heterocycles. The molecule has 0 unspecified atom stereocenters. The van der Waals surface area contributed by atoms with Gasteiger partial charge in [0.1, 0.15) is 12.1 Å². The molecule has 5 aromatic rings. The second kappa shape index (κ2) is 12.3. The molecule has 1 aromatic heterocycles. The minimum atomic E-state index is -2.43. The van der Waals surface area contributed by atoms with E-state index in [1.807, 2.05) is 104 Å². The summed E-state index contributed by atoms with van der Waals surface area (Å²) in [4.78, 5) is 11.4. The number of nitriles is 2. The van der Waals surface area contributed by atoms with E-state index in [0.717, 1.165) is 27.2 Å². The molecular formula is C35H28N5P. The highest BCUT2D eigenvalue weighted by Gasteiger charge is 2.26. The van der Waals surface area contributed by atoms with Crippen molar-refractivity contribution in [3.05, 3.63) is 144 Å². The van der Waals surface area contributed by atoms with Gasteiger partial charge in [-0.05, 0) is 52.4 Å². The Morgan fingerprint density at radius 3 is 1.44 bits per heavy atom. The van der Waals surface area contributed by atoms with Crippen LogP contribution < -0.4 is 20.8 Å². The van der Waals surface area contributed by atoms with Crippen molar-refractivity contribution in [2.45, 2.75) is 0 Å². The van der Waals surface area contributed by atoms with Crippen LogP contribution in [0.3, 0.4) is 0 Å². The minimum Gasteiger partial charge on any atom is -0.378 e. The van der Waals surface area contributed by atoms with E-state index in [4.69, 9.17) is 4.98 Å². The molecule has 0 aliphatic carbocycles. The smallest absolute Gasteiger partial charge is 0.177 e. The highest BCUT2D eigenvalue weighted by molar-refractivity contribution is 7.94. The molecule has 5 rings (SSSR count). The Morgan fingerprint density at radius 1 is 0.585 bits per heavy atom. The van der Waals surface area contributed by atoms with Gasteiger partial charge < -0.3 is 4.90 Å². The number of nitrogens with zero attached hydrogens (tertiary/aromatic N) is 5. The maximum atomic E-state index is 9.86. The fourth-order valence-corrected chi connectivity index (χ4v) is 8.56. The fraction of sp³-hybridized carbons (Fsp3) is 0.0571. The van der Waals surface area contributed by atoms with Crippen molar-refractivity contribution >= 4 is 46.4 Å². The van der Waals surface area contributed by atoms with E-state index in [2.05, 4.69) is 65.4 Å². The van der Waals surface area contributed by atoms with Crippen LogP contribution in [0.5, 0.6) is 0 Å². The molecule has 41 heavy (non-hydrogen) atoms. The summed E-state index contributed by atoms with van der Waals surface area (Å²) >= 11 is 0. The molecule has 0 amide bonds. The summed E-state index contributed by atoms with van der Waals surface area (Å²) < 4.78 is 0. The molecule has 4 aromatic carbocycles. The zero-order chi connectivity index (χ0) is 28.7. The number of benzene rings is 4. The van der Waals surface area contributed by atoms with Crippen LogP contribution in [0.15, 0.2) is 115 Å². The quantitative estimate of drug-likeness (QED) is 0.247. The standard InChI is InChI=1S/C35H28N5P/c1-40(2)28-21-18-27(19-22-28)20-23-32-35(39-34(25-37)33(24-36)38-32)26-41(29-12-6-3-7-13-29,30-14-8-4-9-15-30)31-16-10-5-11-17-31/h3-23,26H,1-2H3/b23-20+. The Hall–Kier alpha value is -5.22. The molecule has 1 heterocycles. The van der Waals surface area contributed by atoms with Crippen LogP contribution in [0.4, 0.5) is 5.69 Å². The Kier molecular flexibility index (Phi) is 8.21. The monoisotopic (exact) mass is 549 g/mol. The molecule has 198 valence electrons. The predicted molar refractivity (Wildman–Crippen MR) is 171 cm³/mol. The van der Waals surface area contributed by atoms with E-state index in [9.17, 15) is 10.5 Å². The van der Waals surface area contributed by atoms with Crippen LogP contribution >= 0.6 is 6.89 Å². The van der Waals surface area contributed by atoms with Gasteiger partial charge in [-0.3, -0.25) is 0 Å². The van der Waals surface area contributed by atoms with Crippen molar-refractivity contribution in [1.82, 2.24) is 9.97 Å². The zero-order valence-corrected chi connectivity index (χ0v) is 23.8. The first kappa shape index (κ1) is 27.4. The first-order valence-electron chi connectivity index (χ1n) is 13.1. The highest BCUT2D eigenvalue weighted by Crippen LogP contribution is 2.44. The maximum Gasteiger partial charge on any atom is 0.177 e. The summed E-state index contributed by atoms with van der Waals surface area (Å²) in [7, 11) is 4.01. The summed E-state index contributed by atoms with van der Waals surface area (Å²) in [6.07, 6.45) is 3.84. The molecule has 0 spiro atoms. The third-order valence-corrected chi connectivity index (χ3v) is 10.8. The second-order valence-corrected chi connectivity index (χ2v) is 12.8. The molecule has 0 bridgehead atoms. The molecule has 0 saturated carbocycles. The molecule has 0 aliphatic rings. The molecule has 0 atom stereocenters. The topological polar surface area (TPSA) is 76.6 Å². The van der Waals surface area contributed by atoms with Crippen molar-refractivity contribution in [1.29, 1.82) is 10.5 Å². The molecule has 5 nitrogen and oxygen atoms in total. The SMILES string of the molecule is CN(C)c1ccc(/C=C/c2nc(C#N)c(C#N)nc2C=P(c2ccccc2)(c2ccccc2)c2ccccc2)cc1. The normalized spacial score (nSPS) is 11.0. The lowest BCUT2D eigenvalue weighted by molar-refractivity contribution is 1.10. The summed E-state index contributed by atoms with van der Waals surface area (Å²) in [6.45, 7) is -2.43. The van der Waals surface area contributed by atoms with Crippen LogP contribution in [0.25, 0.3) is 12.2 Å². The summed E-state index contributed by atoms with van der Waals surface area (Å²) in [5, 5.41) is 23.1. The van der Waals surface area contributed by atoms with Crippen molar-refractivity contribution in [3.8, 4) is 12.1 Å². The van der Waals surface area contributed by atoms with Gasteiger partial charge in [-0.25, -0.2) is 9.97 Å². The largest absolute Gasteiger partial charge is 0.378 e. The van der Waals surface area contributed by atoms with Crippen LogP contribution in [0, 0.1) is 22.7 Å². The van der Waals surface area contributed by atoms with E-state index >= 15 is 0 Å². The molecular weight excluding hydrogens is 521 g/mol. The van der Waals surface area contributed by atoms with Gasteiger partial charge in [-0.1, -0.05) is 109 Å². The van der Waals surface area contributed by atoms with E-state index in [0.29, 0.717) is 11.4 Å². The van der Waals surface area contributed by atoms with Gasteiger partial charge in [0, 0.05) is 19.8 Å². The Labute approximate surface area is 241 Å². The molecule has 0 radical (unpaired) electrons. The number of anilines is 1. The van der Waals surface area contributed by atoms with Gasteiger partial charge in [-0.2, -0.15) is 10.5 Å². The Balaban J connectivity index is 1.82. The molecule has 0 N–H and O–H groups in total. The van der Waals surface area contributed by atoms with E-state index < -0.39 is 6.89 Å². The number of hydrogen-bond acceptors (Lipinski definition) is 5. The minimum absolute atomic E-state index is 0.00956. The predicted octanol–water partition coefficient (Wildman–Crippen LogP) is 5.60. The first-order valence-corrected chi connectivity index (χ1v) is 15.0.